The molecule has 1 saturated heterocycles. The molecule has 0 aliphatic carbocycles. The monoisotopic (exact) mass is 270 g/mol. The molecule has 0 spiro atoms. The van der Waals surface area contributed by atoms with Gasteiger partial charge in [0.2, 0.25) is 0 Å². The van der Waals surface area contributed by atoms with Crippen LogP contribution < -0.4 is 4.90 Å². The summed E-state index contributed by atoms with van der Waals surface area (Å²) in [6.07, 6.45) is -0.438. The van der Waals surface area contributed by atoms with Gasteiger partial charge in [0.1, 0.15) is 11.4 Å². The Balaban J connectivity index is 2.28. The van der Waals surface area contributed by atoms with E-state index in [4.69, 9.17) is 4.74 Å². The lowest BCUT2D eigenvalue weighted by atomic mass is 10.1. The van der Waals surface area contributed by atoms with Crippen molar-refractivity contribution in [2.45, 2.75) is 25.7 Å². The average Bonchev–Trinajstić information content (AvgIpc) is 2.38. The van der Waals surface area contributed by atoms with E-state index in [2.05, 4.69) is 4.98 Å². The minimum Gasteiger partial charge on any atom is -0.465 e. The van der Waals surface area contributed by atoms with Crippen LogP contribution in [0.25, 0.3) is 0 Å². The lowest BCUT2D eigenvalue weighted by Gasteiger charge is -2.33. The van der Waals surface area contributed by atoms with Crippen molar-refractivity contribution in [2.75, 3.05) is 25.1 Å². The van der Waals surface area contributed by atoms with Crippen LogP contribution in [-0.4, -0.2) is 37.1 Å². The number of anilines is 1. The van der Waals surface area contributed by atoms with E-state index in [0.29, 0.717) is 11.4 Å². The van der Waals surface area contributed by atoms with Gasteiger partial charge in [0, 0.05) is 31.6 Å². The number of carbonyl (C=O) groups is 1. The predicted octanol–water partition coefficient (Wildman–Crippen LogP) is 2.41. The summed E-state index contributed by atoms with van der Waals surface area (Å²) in [7, 11) is 1.29. The number of rotatable bonds is 2. The second-order valence-electron chi connectivity index (χ2n) is 4.66. The van der Waals surface area contributed by atoms with Gasteiger partial charge in [0.15, 0.2) is 0 Å². The molecule has 6 heteroatoms. The van der Waals surface area contributed by atoms with E-state index in [1.165, 1.54) is 7.11 Å². The molecule has 0 bridgehead atoms. The number of aryl methyl sites for hydroxylation is 1. The lowest BCUT2D eigenvalue weighted by molar-refractivity contribution is -0.0221. The van der Waals surface area contributed by atoms with E-state index < -0.39 is 11.9 Å². The van der Waals surface area contributed by atoms with Crippen LogP contribution >= 0.6 is 0 Å². The van der Waals surface area contributed by atoms with E-state index in [-0.39, 0.29) is 25.9 Å². The molecule has 0 atom stereocenters. The maximum atomic E-state index is 13.2. The van der Waals surface area contributed by atoms with E-state index in [1.807, 2.05) is 0 Å². The highest BCUT2D eigenvalue weighted by Crippen LogP contribution is 2.31. The van der Waals surface area contributed by atoms with Gasteiger partial charge in [-0.25, -0.2) is 18.6 Å². The first-order valence-electron chi connectivity index (χ1n) is 6.12. The number of alkyl halides is 2. The van der Waals surface area contributed by atoms with Crippen LogP contribution in [0, 0.1) is 6.92 Å². The Morgan fingerprint density at radius 1 is 1.37 bits per heavy atom. The van der Waals surface area contributed by atoms with Crippen molar-refractivity contribution in [2.24, 2.45) is 0 Å². The predicted molar refractivity (Wildman–Crippen MR) is 66.7 cm³/mol. The van der Waals surface area contributed by atoms with Crippen LogP contribution in [0.4, 0.5) is 14.6 Å². The number of aromatic nitrogens is 1. The van der Waals surface area contributed by atoms with Crippen LogP contribution in [0.3, 0.4) is 0 Å². The summed E-state index contributed by atoms with van der Waals surface area (Å²) < 4.78 is 31.0. The maximum Gasteiger partial charge on any atom is 0.341 e. The zero-order valence-corrected chi connectivity index (χ0v) is 10.9. The van der Waals surface area contributed by atoms with Crippen molar-refractivity contribution in [3.8, 4) is 0 Å². The summed E-state index contributed by atoms with van der Waals surface area (Å²) >= 11 is 0. The minimum atomic E-state index is -2.62. The van der Waals surface area contributed by atoms with E-state index >= 15 is 0 Å². The van der Waals surface area contributed by atoms with Crippen molar-refractivity contribution in [1.82, 2.24) is 4.98 Å². The molecule has 1 fully saturated rings. The van der Waals surface area contributed by atoms with Gasteiger partial charge < -0.3 is 9.64 Å². The zero-order chi connectivity index (χ0) is 14.0. The molecule has 0 saturated carbocycles. The second-order valence-corrected chi connectivity index (χ2v) is 4.66. The molecule has 4 nitrogen and oxygen atoms in total. The van der Waals surface area contributed by atoms with Gasteiger partial charge in [0.05, 0.1) is 7.11 Å². The molecule has 1 aliphatic rings. The molecule has 2 rings (SSSR count). The third-order valence-corrected chi connectivity index (χ3v) is 3.21. The second kappa shape index (κ2) is 5.11. The Bertz CT molecular complexity index is 482. The Morgan fingerprint density at radius 3 is 2.58 bits per heavy atom. The first-order valence-corrected chi connectivity index (χ1v) is 6.12. The van der Waals surface area contributed by atoms with Crippen LogP contribution in [-0.2, 0) is 4.74 Å². The number of hydrogen-bond donors (Lipinski definition) is 0. The molecule has 1 aromatic heterocycles. The molecular formula is C13H16F2N2O2. The SMILES string of the molecule is COC(=O)c1ccc(C)nc1N1CCC(F)(F)CC1. The average molecular weight is 270 g/mol. The quantitative estimate of drug-likeness (QED) is 0.774. The van der Waals surface area contributed by atoms with Crippen LogP contribution in [0.5, 0.6) is 0 Å². The fourth-order valence-electron chi connectivity index (χ4n) is 2.10. The van der Waals surface area contributed by atoms with Gasteiger partial charge >= 0.3 is 5.97 Å². The highest BCUT2D eigenvalue weighted by molar-refractivity contribution is 5.94. The fraction of sp³-hybridized carbons (Fsp3) is 0.538. The summed E-state index contributed by atoms with van der Waals surface area (Å²) in [5, 5.41) is 0. The number of esters is 1. The molecule has 0 aromatic carbocycles. The van der Waals surface area contributed by atoms with Gasteiger partial charge in [-0.05, 0) is 19.1 Å². The molecule has 1 aromatic rings. The van der Waals surface area contributed by atoms with E-state index in [1.54, 1.807) is 24.0 Å². The number of halogens is 2. The highest BCUT2D eigenvalue weighted by Gasteiger charge is 2.35. The van der Waals surface area contributed by atoms with Crippen molar-refractivity contribution in [3.63, 3.8) is 0 Å². The number of ether oxygens (including phenoxy) is 1. The molecule has 104 valence electrons. The first kappa shape index (κ1) is 13.7. The molecule has 0 radical (unpaired) electrons. The Labute approximate surface area is 110 Å². The standard InChI is InChI=1S/C13H16F2N2O2/c1-9-3-4-10(12(18)19-2)11(16-9)17-7-5-13(14,15)6-8-17/h3-4H,5-8H2,1-2H3. The summed E-state index contributed by atoms with van der Waals surface area (Å²) in [6.45, 7) is 2.17. The van der Waals surface area contributed by atoms with Gasteiger partial charge in [-0.1, -0.05) is 0 Å². The Hall–Kier alpha value is -1.72. The number of pyridine rings is 1. The Kier molecular flexibility index (Phi) is 3.68. The molecule has 0 N–H and O–H groups in total. The lowest BCUT2D eigenvalue weighted by Crippen LogP contribution is -2.40. The number of methoxy groups -OCH3 is 1. The van der Waals surface area contributed by atoms with Gasteiger partial charge in [-0.2, -0.15) is 0 Å². The van der Waals surface area contributed by atoms with Gasteiger partial charge in [-0.15, -0.1) is 0 Å². The van der Waals surface area contributed by atoms with Crippen molar-refractivity contribution in [1.29, 1.82) is 0 Å². The summed E-state index contributed by atoms with van der Waals surface area (Å²) in [5.41, 5.74) is 1.05. The smallest absolute Gasteiger partial charge is 0.341 e. The zero-order valence-electron chi connectivity index (χ0n) is 10.9. The number of carbonyl (C=O) groups excluding carboxylic acids is 1. The Morgan fingerprint density at radius 2 is 2.00 bits per heavy atom. The molecule has 2 heterocycles. The maximum absolute atomic E-state index is 13.2. The third kappa shape index (κ3) is 3.00. The summed E-state index contributed by atoms with van der Waals surface area (Å²) in [5.74, 6) is -2.69. The normalized spacial score (nSPS) is 18.2. The molecule has 19 heavy (non-hydrogen) atoms. The van der Waals surface area contributed by atoms with Gasteiger partial charge in [-0.3, -0.25) is 0 Å². The van der Waals surface area contributed by atoms with Crippen molar-refractivity contribution in [3.05, 3.63) is 23.4 Å². The number of nitrogens with zero attached hydrogens (tertiary/aromatic N) is 2. The van der Waals surface area contributed by atoms with E-state index in [9.17, 15) is 13.6 Å². The van der Waals surface area contributed by atoms with Crippen LogP contribution in [0.1, 0.15) is 28.9 Å². The van der Waals surface area contributed by atoms with E-state index in [0.717, 1.165) is 5.69 Å². The minimum absolute atomic E-state index is 0.188. The highest BCUT2D eigenvalue weighted by atomic mass is 19.3. The summed E-state index contributed by atoms with van der Waals surface area (Å²) in [4.78, 5) is 17.7. The first-order chi connectivity index (χ1) is 8.93. The van der Waals surface area contributed by atoms with Gasteiger partial charge in [0.25, 0.3) is 5.92 Å². The molecular weight excluding hydrogens is 254 g/mol. The largest absolute Gasteiger partial charge is 0.465 e. The fourth-order valence-corrected chi connectivity index (χ4v) is 2.10. The topological polar surface area (TPSA) is 42.4 Å². The van der Waals surface area contributed by atoms with Crippen molar-refractivity contribution < 1.29 is 18.3 Å². The van der Waals surface area contributed by atoms with Crippen LogP contribution in [0.2, 0.25) is 0 Å². The van der Waals surface area contributed by atoms with Crippen molar-refractivity contribution >= 4 is 11.8 Å². The number of hydrogen-bond acceptors (Lipinski definition) is 4. The number of piperidine rings is 1. The summed E-state index contributed by atoms with van der Waals surface area (Å²) in [6, 6.07) is 3.32. The molecule has 0 unspecified atom stereocenters. The molecule has 1 aliphatic heterocycles. The van der Waals surface area contributed by atoms with Crippen LogP contribution in [0.15, 0.2) is 12.1 Å². The molecule has 0 amide bonds. The third-order valence-electron chi connectivity index (χ3n) is 3.21.